The lowest BCUT2D eigenvalue weighted by Crippen LogP contribution is -2.52. The van der Waals surface area contributed by atoms with E-state index in [2.05, 4.69) is 10.2 Å². The molecule has 3 aliphatic rings. The smallest absolute Gasteiger partial charge is 0.269 e. The number of benzene rings is 3. The lowest BCUT2D eigenvalue weighted by atomic mass is 9.68. The molecule has 1 spiro atoms. The van der Waals surface area contributed by atoms with E-state index in [9.17, 15) is 19.7 Å². The Kier molecular flexibility index (Phi) is 4.64. The first-order chi connectivity index (χ1) is 16.5. The summed E-state index contributed by atoms with van der Waals surface area (Å²) in [7, 11) is 0. The minimum atomic E-state index is -1.15. The second kappa shape index (κ2) is 7.60. The lowest BCUT2D eigenvalue weighted by molar-refractivity contribution is -0.384. The summed E-state index contributed by atoms with van der Waals surface area (Å²) in [6.45, 7) is 0.691. The molecule has 3 aromatic carbocycles. The number of amides is 1. The zero-order valence-corrected chi connectivity index (χ0v) is 18.4. The second-order valence-corrected chi connectivity index (χ2v) is 9.25. The Morgan fingerprint density at radius 1 is 1.03 bits per heavy atom. The maximum absolute atomic E-state index is 14.3. The van der Waals surface area contributed by atoms with Gasteiger partial charge in [0.2, 0.25) is 5.91 Å². The molecule has 3 aromatic rings. The van der Waals surface area contributed by atoms with Crippen LogP contribution in [0.5, 0.6) is 0 Å². The molecule has 0 radical (unpaired) electrons. The zero-order chi connectivity index (χ0) is 23.4. The van der Waals surface area contributed by atoms with Gasteiger partial charge in [0.25, 0.3) is 5.69 Å². The maximum atomic E-state index is 14.3. The van der Waals surface area contributed by atoms with Crippen LogP contribution >= 0.6 is 0 Å². The van der Waals surface area contributed by atoms with Crippen molar-refractivity contribution in [3.8, 4) is 0 Å². The van der Waals surface area contributed by atoms with Crippen molar-refractivity contribution in [1.29, 1.82) is 0 Å². The maximum Gasteiger partial charge on any atom is 0.269 e. The molecule has 2 saturated heterocycles. The van der Waals surface area contributed by atoms with Crippen LogP contribution in [0.4, 0.5) is 11.4 Å². The molecule has 1 amide bonds. The van der Waals surface area contributed by atoms with Gasteiger partial charge in [-0.05, 0) is 31.0 Å². The molecule has 0 bridgehead atoms. The van der Waals surface area contributed by atoms with Crippen molar-refractivity contribution in [2.24, 2.45) is 5.92 Å². The van der Waals surface area contributed by atoms with Crippen LogP contribution in [0.15, 0.2) is 78.9 Å². The topological polar surface area (TPSA) is 92.5 Å². The van der Waals surface area contributed by atoms with Gasteiger partial charge in [-0.25, -0.2) is 0 Å². The van der Waals surface area contributed by atoms with E-state index < -0.39 is 16.4 Å². The van der Waals surface area contributed by atoms with E-state index >= 15 is 0 Å². The molecule has 3 heterocycles. The third-order valence-corrected chi connectivity index (χ3v) is 7.71. The minimum Gasteiger partial charge on any atom is -0.324 e. The SMILES string of the molecule is O=C(c1ccccc1)C1C(c2cccc([N+](=O)[O-])c2)C2CCCN2[C@@]12C(=O)Nc1ccccc12. The van der Waals surface area contributed by atoms with Gasteiger partial charge in [0.15, 0.2) is 5.78 Å². The Morgan fingerprint density at radius 3 is 2.59 bits per heavy atom. The minimum absolute atomic E-state index is 0.00909. The van der Waals surface area contributed by atoms with Gasteiger partial charge in [-0.3, -0.25) is 24.6 Å². The number of hydrogen-bond acceptors (Lipinski definition) is 5. The molecule has 3 unspecified atom stereocenters. The fourth-order valence-electron chi connectivity index (χ4n) is 6.52. The molecule has 34 heavy (non-hydrogen) atoms. The highest BCUT2D eigenvalue weighted by atomic mass is 16.6. The van der Waals surface area contributed by atoms with E-state index in [1.807, 2.05) is 48.5 Å². The molecular weight excluding hydrogens is 430 g/mol. The summed E-state index contributed by atoms with van der Waals surface area (Å²) in [4.78, 5) is 41.5. The van der Waals surface area contributed by atoms with Crippen LogP contribution in [0.2, 0.25) is 0 Å². The van der Waals surface area contributed by atoms with Gasteiger partial charge in [-0.15, -0.1) is 0 Å². The highest BCUT2D eigenvalue weighted by Crippen LogP contribution is 2.61. The van der Waals surface area contributed by atoms with E-state index in [4.69, 9.17) is 0 Å². The van der Waals surface area contributed by atoms with Crippen molar-refractivity contribution in [2.45, 2.75) is 30.3 Å². The van der Waals surface area contributed by atoms with Crippen LogP contribution in [-0.2, 0) is 10.3 Å². The number of para-hydroxylation sites is 1. The van der Waals surface area contributed by atoms with Gasteiger partial charge in [-0.2, -0.15) is 0 Å². The number of carbonyl (C=O) groups is 2. The number of anilines is 1. The Morgan fingerprint density at radius 2 is 1.79 bits per heavy atom. The van der Waals surface area contributed by atoms with E-state index in [0.29, 0.717) is 12.1 Å². The third-order valence-electron chi connectivity index (χ3n) is 7.71. The van der Waals surface area contributed by atoms with Gasteiger partial charge in [-0.1, -0.05) is 60.7 Å². The van der Waals surface area contributed by atoms with Crippen molar-refractivity contribution in [1.82, 2.24) is 4.90 Å². The molecular formula is C27H23N3O4. The highest BCUT2D eigenvalue weighted by Gasteiger charge is 2.69. The number of nitrogens with zero attached hydrogens (tertiary/aromatic N) is 2. The monoisotopic (exact) mass is 453 g/mol. The Hall–Kier alpha value is -3.84. The van der Waals surface area contributed by atoms with E-state index in [1.165, 1.54) is 6.07 Å². The summed E-state index contributed by atoms with van der Waals surface area (Å²) in [5.74, 6) is -1.38. The largest absolute Gasteiger partial charge is 0.324 e. The Balaban J connectivity index is 1.62. The summed E-state index contributed by atoms with van der Waals surface area (Å²) in [6.07, 6.45) is 1.72. The predicted octanol–water partition coefficient (Wildman–Crippen LogP) is 4.50. The van der Waals surface area contributed by atoms with Crippen molar-refractivity contribution in [3.63, 3.8) is 0 Å². The molecule has 0 aliphatic carbocycles. The summed E-state index contributed by atoms with van der Waals surface area (Å²) < 4.78 is 0. The molecule has 0 aromatic heterocycles. The Labute approximate surface area is 196 Å². The summed E-state index contributed by atoms with van der Waals surface area (Å²) in [5.41, 5.74) is 1.65. The number of ketones is 1. The van der Waals surface area contributed by atoms with Gasteiger partial charge < -0.3 is 5.32 Å². The average Bonchev–Trinajstić information content (AvgIpc) is 3.52. The van der Waals surface area contributed by atoms with Gasteiger partial charge in [0, 0.05) is 40.9 Å². The number of Topliss-reactive ketones (excluding diaryl/α,β-unsaturated/α-hetero) is 1. The molecule has 6 rings (SSSR count). The molecule has 170 valence electrons. The molecule has 2 fully saturated rings. The first-order valence-corrected chi connectivity index (χ1v) is 11.5. The number of hydrogen-bond donors (Lipinski definition) is 1. The van der Waals surface area contributed by atoms with E-state index in [-0.39, 0.29) is 29.3 Å². The molecule has 7 nitrogen and oxygen atoms in total. The van der Waals surface area contributed by atoms with Crippen molar-refractivity contribution in [3.05, 3.63) is 106 Å². The molecule has 3 aliphatic heterocycles. The fourth-order valence-corrected chi connectivity index (χ4v) is 6.52. The number of carbonyl (C=O) groups excluding carboxylic acids is 2. The number of nitro groups is 1. The summed E-state index contributed by atoms with van der Waals surface area (Å²) in [6, 6.07) is 23.1. The van der Waals surface area contributed by atoms with Crippen LogP contribution in [0, 0.1) is 16.0 Å². The molecule has 7 heteroatoms. The number of nitrogens with one attached hydrogen (secondary N) is 1. The van der Waals surface area contributed by atoms with Crippen molar-refractivity contribution in [2.75, 3.05) is 11.9 Å². The van der Waals surface area contributed by atoms with Gasteiger partial charge in [0.1, 0.15) is 5.54 Å². The molecule has 1 N–H and O–H groups in total. The third kappa shape index (κ3) is 2.73. The van der Waals surface area contributed by atoms with Crippen LogP contribution in [0.1, 0.15) is 40.2 Å². The number of nitro benzene ring substituents is 1. The summed E-state index contributed by atoms with van der Waals surface area (Å²) >= 11 is 0. The normalized spacial score (nSPS) is 27.4. The average molecular weight is 453 g/mol. The number of rotatable bonds is 4. The van der Waals surface area contributed by atoms with Crippen LogP contribution in [0.25, 0.3) is 0 Å². The quantitative estimate of drug-likeness (QED) is 0.357. The molecule has 0 saturated carbocycles. The van der Waals surface area contributed by atoms with Gasteiger partial charge in [0.05, 0.1) is 10.8 Å². The first kappa shape index (κ1) is 20.7. The van der Waals surface area contributed by atoms with Crippen LogP contribution < -0.4 is 5.32 Å². The number of non-ortho nitro benzene ring substituents is 1. The van der Waals surface area contributed by atoms with Crippen LogP contribution in [0.3, 0.4) is 0 Å². The highest BCUT2D eigenvalue weighted by molar-refractivity contribution is 6.12. The van der Waals surface area contributed by atoms with E-state index in [0.717, 1.165) is 29.7 Å². The lowest BCUT2D eigenvalue weighted by Gasteiger charge is -2.36. The second-order valence-electron chi connectivity index (χ2n) is 9.25. The van der Waals surface area contributed by atoms with Crippen LogP contribution in [-0.4, -0.2) is 34.1 Å². The fraction of sp³-hybridized carbons (Fsp3) is 0.259. The summed E-state index contributed by atoms with van der Waals surface area (Å²) in [5, 5.41) is 14.6. The van der Waals surface area contributed by atoms with E-state index in [1.54, 1.807) is 24.3 Å². The van der Waals surface area contributed by atoms with Gasteiger partial charge >= 0.3 is 0 Å². The zero-order valence-electron chi connectivity index (χ0n) is 18.4. The standard InChI is InChI=1S/C27H23N3O4/c31-25(17-8-2-1-3-9-17)24-23(18-10-6-11-19(16-18)30(33)34)22-14-7-15-29(22)27(24)20-12-4-5-13-21(20)28-26(27)32/h1-6,8-13,16,22-24H,7,14-15H2,(H,28,32)/t22?,23?,24?,27-/m1/s1. The Bertz CT molecular complexity index is 1320. The van der Waals surface area contributed by atoms with Crippen molar-refractivity contribution < 1.29 is 14.5 Å². The predicted molar refractivity (Wildman–Crippen MR) is 127 cm³/mol. The number of fused-ring (bicyclic) bond motifs is 4. The molecule has 4 atom stereocenters. The first-order valence-electron chi connectivity index (χ1n) is 11.5. The van der Waals surface area contributed by atoms with Crippen molar-refractivity contribution >= 4 is 23.1 Å².